The minimum atomic E-state index is -3.73. The molecular weight excluding hydrogens is 573 g/mol. The number of aliphatic carboxylic acids is 1. The molecule has 0 aliphatic carbocycles. The molecule has 1 aromatic heterocycles. The van der Waals surface area contributed by atoms with E-state index in [4.69, 9.17) is 27.2 Å². The number of aromatic nitrogens is 2. The number of carboxylic acids is 1. The van der Waals surface area contributed by atoms with Gasteiger partial charge in [-0.2, -0.15) is 9.40 Å². The Morgan fingerprint density at radius 3 is 2.60 bits per heavy atom. The SMILES string of the molecule is O=C(O)CCCN1C(=O)C(=Cc2cn(-c3ccccc3)nc2-c2cccc(S(=O)(=O)N3CCOCC3)c2)SC1=S. The van der Waals surface area contributed by atoms with Crippen LogP contribution in [-0.4, -0.2) is 81.6 Å². The number of nitrogens with zero attached hydrogens (tertiary/aromatic N) is 4. The molecular formula is C27H26N4O6S3. The van der Waals surface area contributed by atoms with Gasteiger partial charge in [0, 0.05) is 43.4 Å². The maximum Gasteiger partial charge on any atom is 0.303 e. The lowest BCUT2D eigenvalue weighted by molar-refractivity contribution is -0.137. The molecule has 0 spiro atoms. The van der Waals surface area contributed by atoms with Gasteiger partial charge in [0.2, 0.25) is 10.0 Å². The van der Waals surface area contributed by atoms with Crippen LogP contribution >= 0.6 is 24.0 Å². The highest BCUT2D eigenvalue weighted by Crippen LogP contribution is 2.35. The number of ether oxygens (including phenoxy) is 1. The molecule has 2 aliphatic rings. The second-order valence-electron chi connectivity index (χ2n) is 9.09. The molecule has 1 amide bonds. The van der Waals surface area contributed by atoms with Crippen LogP contribution in [0.3, 0.4) is 0 Å². The van der Waals surface area contributed by atoms with E-state index in [9.17, 15) is 18.0 Å². The van der Waals surface area contributed by atoms with Crippen molar-refractivity contribution in [2.75, 3.05) is 32.8 Å². The molecule has 3 heterocycles. The third kappa shape index (κ3) is 6.03. The topological polar surface area (TPSA) is 122 Å². The maximum atomic E-state index is 13.3. The van der Waals surface area contributed by atoms with Crippen molar-refractivity contribution in [3.05, 3.63) is 71.3 Å². The Morgan fingerprint density at radius 1 is 1.12 bits per heavy atom. The molecule has 10 nitrogen and oxygen atoms in total. The summed E-state index contributed by atoms with van der Waals surface area (Å²) >= 11 is 6.54. The van der Waals surface area contributed by atoms with Crippen molar-refractivity contribution in [3.8, 4) is 16.9 Å². The van der Waals surface area contributed by atoms with Crippen molar-refractivity contribution < 1.29 is 27.9 Å². The molecule has 0 radical (unpaired) electrons. The highest BCUT2D eigenvalue weighted by molar-refractivity contribution is 8.26. The minimum Gasteiger partial charge on any atom is -0.481 e. The fraction of sp³-hybridized carbons (Fsp3) is 0.259. The maximum absolute atomic E-state index is 13.3. The zero-order valence-corrected chi connectivity index (χ0v) is 23.8. The lowest BCUT2D eigenvalue weighted by Gasteiger charge is -2.26. The monoisotopic (exact) mass is 598 g/mol. The summed E-state index contributed by atoms with van der Waals surface area (Å²) in [5, 5.41) is 13.7. The largest absolute Gasteiger partial charge is 0.481 e. The van der Waals surface area contributed by atoms with Crippen LogP contribution in [0.1, 0.15) is 18.4 Å². The molecule has 3 aromatic rings. The van der Waals surface area contributed by atoms with Crippen LogP contribution in [0.15, 0.2) is 70.6 Å². The third-order valence-corrected chi connectivity index (χ3v) is 9.68. The average molecular weight is 599 g/mol. The summed E-state index contributed by atoms with van der Waals surface area (Å²) in [6, 6.07) is 16.1. The Kier molecular flexibility index (Phi) is 8.47. The van der Waals surface area contributed by atoms with E-state index in [0.717, 1.165) is 17.4 Å². The molecule has 0 bridgehead atoms. The number of thioether (sulfide) groups is 1. The number of carbonyl (C=O) groups is 2. The van der Waals surface area contributed by atoms with E-state index in [-0.39, 0.29) is 43.3 Å². The van der Waals surface area contributed by atoms with Crippen molar-refractivity contribution in [1.29, 1.82) is 0 Å². The van der Waals surface area contributed by atoms with Gasteiger partial charge in [-0.3, -0.25) is 14.5 Å². The number of thiocarbonyl (C=S) groups is 1. The van der Waals surface area contributed by atoms with E-state index in [2.05, 4.69) is 0 Å². The number of rotatable bonds is 9. The van der Waals surface area contributed by atoms with Gasteiger partial charge in [-0.1, -0.05) is 54.3 Å². The summed E-state index contributed by atoms with van der Waals surface area (Å²) in [6.45, 7) is 1.48. The first-order valence-electron chi connectivity index (χ1n) is 12.5. The zero-order valence-electron chi connectivity index (χ0n) is 21.3. The molecule has 13 heteroatoms. The molecule has 2 saturated heterocycles. The van der Waals surface area contributed by atoms with Crippen LogP contribution in [0.5, 0.6) is 0 Å². The molecule has 40 heavy (non-hydrogen) atoms. The summed E-state index contributed by atoms with van der Waals surface area (Å²) < 4.78 is 35.4. The van der Waals surface area contributed by atoms with Crippen molar-refractivity contribution in [1.82, 2.24) is 19.0 Å². The quantitative estimate of drug-likeness (QED) is 0.291. The zero-order chi connectivity index (χ0) is 28.3. The summed E-state index contributed by atoms with van der Waals surface area (Å²) in [5.41, 5.74) is 2.48. The molecule has 1 N–H and O–H groups in total. The minimum absolute atomic E-state index is 0.0617. The number of carbonyl (C=O) groups excluding carboxylic acids is 1. The lowest BCUT2D eigenvalue weighted by atomic mass is 10.1. The van der Waals surface area contributed by atoms with Gasteiger partial charge in [0.1, 0.15) is 10.0 Å². The molecule has 5 rings (SSSR count). The Morgan fingerprint density at radius 2 is 1.88 bits per heavy atom. The molecule has 0 atom stereocenters. The summed E-state index contributed by atoms with van der Waals surface area (Å²) in [6.07, 6.45) is 3.71. The first-order valence-corrected chi connectivity index (χ1v) is 15.2. The fourth-order valence-electron chi connectivity index (χ4n) is 4.39. The van der Waals surface area contributed by atoms with Crippen LogP contribution in [0.2, 0.25) is 0 Å². The second kappa shape index (κ2) is 12.0. The Labute approximate surface area is 241 Å². The van der Waals surface area contributed by atoms with Gasteiger partial charge in [-0.15, -0.1) is 0 Å². The summed E-state index contributed by atoms with van der Waals surface area (Å²) in [4.78, 5) is 26.0. The standard InChI is InChI=1S/C27H26N4O6S3/c32-24(33)10-5-11-30-26(34)23(39-27(30)38)17-20-18-31(21-7-2-1-3-8-21)28-25(20)19-6-4-9-22(16-19)40(35,36)29-12-14-37-15-13-29/h1-4,6-9,16-18H,5,10-15H2,(H,32,33). The number of amides is 1. The van der Waals surface area contributed by atoms with E-state index in [1.54, 1.807) is 41.2 Å². The molecule has 2 aliphatic heterocycles. The molecule has 0 saturated carbocycles. The lowest BCUT2D eigenvalue weighted by Crippen LogP contribution is -2.40. The number of benzene rings is 2. The predicted molar refractivity (Wildman–Crippen MR) is 155 cm³/mol. The normalized spacial score (nSPS) is 17.6. The molecule has 2 fully saturated rings. The van der Waals surface area contributed by atoms with Crippen LogP contribution in [0.25, 0.3) is 23.0 Å². The van der Waals surface area contributed by atoms with Crippen LogP contribution in [0, 0.1) is 0 Å². The molecule has 208 valence electrons. The highest BCUT2D eigenvalue weighted by Gasteiger charge is 2.32. The van der Waals surface area contributed by atoms with Gasteiger partial charge >= 0.3 is 5.97 Å². The van der Waals surface area contributed by atoms with Crippen LogP contribution < -0.4 is 0 Å². The van der Waals surface area contributed by atoms with Gasteiger partial charge in [0.05, 0.1) is 28.7 Å². The Bertz CT molecular complexity index is 1580. The van der Waals surface area contributed by atoms with Crippen LogP contribution in [-0.2, 0) is 24.3 Å². The van der Waals surface area contributed by atoms with E-state index in [1.807, 2.05) is 30.3 Å². The number of sulfonamides is 1. The third-order valence-electron chi connectivity index (χ3n) is 6.41. The van der Waals surface area contributed by atoms with Gasteiger partial charge in [0.25, 0.3) is 5.91 Å². The molecule has 2 aromatic carbocycles. The Hall–Kier alpha value is -3.36. The smallest absolute Gasteiger partial charge is 0.303 e. The van der Waals surface area contributed by atoms with Gasteiger partial charge in [-0.25, -0.2) is 13.1 Å². The van der Waals surface area contributed by atoms with E-state index < -0.39 is 16.0 Å². The van der Waals surface area contributed by atoms with E-state index in [1.165, 1.54) is 9.21 Å². The van der Waals surface area contributed by atoms with Crippen LogP contribution in [0.4, 0.5) is 0 Å². The summed E-state index contributed by atoms with van der Waals surface area (Å²) in [7, 11) is -3.73. The summed E-state index contributed by atoms with van der Waals surface area (Å²) in [5.74, 6) is -1.24. The van der Waals surface area contributed by atoms with Gasteiger partial charge < -0.3 is 9.84 Å². The van der Waals surface area contributed by atoms with Crippen molar-refractivity contribution in [3.63, 3.8) is 0 Å². The van der Waals surface area contributed by atoms with E-state index in [0.29, 0.717) is 39.3 Å². The van der Waals surface area contributed by atoms with Gasteiger partial charge in [0.15, 0.2) is 0 Å². The number of hydrogen-bond donors (Lipinski definition) is 1. The first kappa shape index (κ1) is 28.2. The predicted octanol–water partition coefficient (Wildman–Crippen LogP) is 3.63. The first-order chi connectivity index (χ1) is 19.2. The van der Waals surface area contributed by atoms with Crippen molar-refractivity contribution >= 4 is 56.3 Å². The number of morpholine rings is 1. The van der Waals surface area contributed by atoms with Crippen molar-refractivity contribution in [2.45, 2.75) is 17.7 Å². The average Bonchev–Trinajstić information content (AvgIpc) is 3.50. The Balaban J connectivity index is 1.52. The number of carboxylic acid groups (broad SMARTS) is 1. The molecule has 0 unspecified atom stereocenters. The fourth-order valence-corrected chi connectivity index (χ4v) is 7.15. The van der Waals surface area contributed by atoms with Gasteiger partial charge in [-0.05, 0) is 36.8 Å². The van der Waals surface area contributed by atoms with Crippen molar-refractivity contribution in [2.24, 2.45) is 0 Å². The second-order valence-corrected chi connectivity index (χ2v) is 12.7. The highest BCUT2D eigenvalue weighted by atomic mass is 32.2. The number of hydrogen-bond acceptors (Lipinski definition) is 8. The van der Waals surface area contributed by atoms with E-state index >= 15 is 0 Å². The number of para-hydroxylation sites is 1.